The molecule has 2 fully saturated rings. The third-order valence-electron chi connectivity index (χ3n) is 4.97. The molecule has 1 aliphatic carbocycles. The fourth-order valence-corrected chi connectivity index (χ4v) is 3.39. The molecule has 2 aromatic rings. The van der Waals surface area contributed by atoms with Crippen LogP contribution in [0.15, 0.2) is 48.5 Å². The number of halogens is 1. The van der Waals surface area contributed by atoms with Crippen molar-refractivity contribution in [3.05, 3.63) is 59.1 Å². The molecule has 144 valence electrons. The maximum absolute atomic E-state index is 12.7. The van der Waals surface area contributed by atoms with Crippen molar-refractivity contribution < 1.29 is 14.4 Å². The molecule has 28 heavy (non-hydrogen) atoms. The van der Waals surface area contributed by atoms with Gasteiger partial charge in [-0.25, -0.2) is 0 Å². The van der Waals surface area contributed by atoms with Crippen LogP contribution in [0.25, 0.3) is 0 Å². The molecule has 1 unspecified atom stereocenters. The molecule has 4 rings (SSSR count). The number of anilines is 2. The van der Waals surface area contributed by atoms with Crippen LogP contribution in [-0.4, -0.2) is 30.3 Å². The van der Waals surface area contributed by atoms with Crippen molar-refractivity contribution >= 4 is 40.7 Å². The van der Waals surface area contributed by atoms with Crippen LogP contribution in [0, 0.1) is 5.92 Å². The van der Waals surface area contributed by atoms with Crippen LogP contribution in [0.1, 0.15) is 29.6 Å². The molecule has 1 heterocycles. The van der Waals surface area contributed by atoms with E-state index in [9.17, 15) is 14.4 Å². The second-order valence-electron chi connectivity index (χ2n) is 7.13. The smallest absolute Gasteiger partial charge is 0.251 e. The van der Waals surface area contributed by atoms with Gasteiger partial charge in [0.1, 0.15) is 5.92 Å². The molecular formula is C21H20ClN3O3. The first kappa shape index (κ1) is 18.5. The predicted molar refractivity (Wildman–Crippen MR) is 107 cm³/mol. The van der Waals surface area contributed by atoms with Gasteiger partial charge in [0.25, 0.3) is 5.91 Å². The molecule has 1 atom stereocenters. The molecule has 2 aromatic carbocycles. The highest BCUT2D eigenvalue weighted by atomic mass is 35.5. The Morgan fingerprint density at radius 1 is 1.04 bits per heavy atom. The minimum Gasteiger partial charge on any atom is -0.349 e. The Kier molecular flexibility index (Phi) is 5.05. The van der Waals surface area contributed by atoms with E-state index in [0.717, 1.165) is 18.5 Å². The molecule has 1 saturated heterocycles. The summed E-state index contributed by atoms with van der Waals surface area (Å²) in [5.41, 5.74) is 1.72. The summed E-state index contributed by atoms with van der Waals surface area (Å²) in [6.07, 6.45) is 2.46. The first-order valence-corrected chi connectivity index (χ1v) is 9.68. The topological polar surface area (TPSA) is 78.5 Å². The number of hydrogen-bond acceptors (Lipinski definition) is 3. The summed E-state index contributed by atoms with van der Waals surface area (Å²) >= 11 is 5.89. The van der Waals surface area contributed by atoms with Crippen molar-refractivity contribution in [3.8, 4) is 0 Å². The van der Waals surface area contributed by atoms with Gasteiger partial charge < -0.3 is 15.5 Å². The van der Waals surface area contributed by atoms with Crippen molar-refractivity contribution in [1.29, 1.82) is 0 Å². The Balaban J connectivity index is 1.41. The summed E-state index contributed by atoms with van der Waals surface area (Å²) in [7, 11) is 0. The van der Waals surface area contributed by atoms with Gasteiger partial charge in [-0.05, 0) is 61.7 Å². The normalized spacial score (nSPS) is 18.8. The first-order chi connectivity index (χ1) is 13.5. The second kappa shape index (κ2) is 7.64. The van der Waals surface area contributed by atoms with Crippen molar-refractivity contribution in [2.24, 2.45) is 5.92 Å². The lowest BCUT2D eigenvalue weighted by Gasteiger charge is -2.17. The zero-order valence-electron chi connectivity index (χ0n) is 15.2. The van der Waals surface area contributed by atoms with Gasteiger partial charge in [0.05, 0.1) is 0 Å². The Hall–Kier alpha value is -2.86. The SMILES string of the molecule is O=C(NC1CC1)c1cccc(NC(=O)C2CCN(c3ccc(Cl)cc3)C2=O)c1. The lowest BCUT2D eigenvalue weighted by atomic mass is 10.1. The van der Waals surface area contributed by atoms with Crippen LogP contribution < -0.4 is 15.5 Å². The van der Waals surface area contributed by atoms with E-state index in [4.69, 9.17) is 11.6 Å². The molecule has 2 aliphatic rings. The van der Waals surface area contributed by atoms with Gasteiger partial charge in [-0.3, -0.25) is 14.4 Å². The van der Waals surface area contributed by atoms with Gasteiger partial charge in [-0.2, -0.15) is 0 Å². The zero-order chi connectivity index (χ0) is 19.7. The van der Waals surface area contributed by atoms with Gasteiger partial charge in [0.15, 0.2) is 0 Å². The van der Waals surface area contributed by atoms with E-state index < -0.39 is 5.92 Å². The van der Waals surface area contributed by atoms with Crippen molar-refractivity contribution in [2.45, 2.75) is 25.3 Å². The van der Waals surface area contributed by atoms with E-state index >= 15 is 0 Å². The Morgan fingerprint density at radius 3 is 2.50 bits per heavy atom. The number of carbonyl (C=O) groups is 3. The van der Waals surface area contributed by atoms with Crippen molar-refractivity contribution in [1.82, 2.24) is 5.32 Å². The van der Waals surface area contributed by atoms with Crippen LogP contribution in [0.3, 0.4) is 0 Å². The summed E-state index contributed by atoms with van der Waals surface area (Å²) in [4.78, 5) is 39.1. The maximum Gasteiger partial charge on any atom is 0.251 e. The van der Waals surface area contributed by atoms with Gasteiger partial charge in [-0.1, -0.05) is 17.7 Å². The van der Waals surface area contributed by atoms with Crippen LogP contribution in [0.4, 0.5) is 11.4 Å². The third-order valence-corrected chi connectivity index (χ3v) is 5.22. The molecule has 7 heteroatoms. The van der Waals surface area contributed by atoms with Crippen LogP contribution in [0.5, 0.6) is 0 Å². The van der Waals surface area contributed by atoms with E-state index in [2.05, 4.69) is 10.6 Å². The largest absolute Gasteiger partial charge is 0.349 e. The van der Waals surface area contributed by atoms with Crippen LogP contribution >= 0.6 is 11.6 Å². The molecule has 2 N–H and O–H groups in total. The Morgan fingerprint density at radius 2 is 1.79 bits per heavy atom. The quantitative estimate of drug-likeness (QED) is 0.760. The fraction of sp³-hybridized carbons (Fsp3) is 0.286. The average molecular weight is 398 g/mol. The maximum atomic E-state index is 12.7. The van der Waals surface area contributed by atoms with E-state index in [1.54, 1.807) is 53.4 Å². The van der Waals surface area contributed by atoms with Gasteiger partial charge >= 0.3 is 0 Å². The summed E-state index contributed by atoms with van der Waals surface area (Å²) in [5, 5.41) is 6.28. The first-order valence-electron chi connectivity index (χ1n) is 9.30. The summed E-state index contributed by atoms with van der Waals surface area (Å²) < 4.78 is 0. The summed E-state index contributed by atoms with van der Waals surface area (Å²) in [5.74, 6) is -1.49. The van der Waals surface area contributed by atoms with Gasteiger partial charge in [0, 0.05) is 34.5 Å². The molecule has 0 spiro atoms. The molecule has 0 aromatic heterocycles. The summed E-state index contributed by atoms with van der Waals surface area (Å²) in [6, 6.07) is 14.0. The number of benzene rings is 2. The minimum absolute atomic E-state index is 0.149. The standard InChI is InChI=1S/C21H20ClN3O3/c22-14-4-8-17(9-5-14)25-11-10-18(21(25)28)20(27)24-16-3-1-2-13(12-16)19(26)23-15-6-7-15/h1-5,8-9,12,15,18H,6-7,10-11H2,(H,23,26)(H,24,27). The lowest BCUT2D eigenvalue weighted by molar-refractivity contribution is -0.129. The van der Waals surface area contributed by atoms with E-state index in [1.807, 2.05) is 0 Å². The Bertz CT molecular complexity index is 925. The third kappa shape index (κ3) is 4.02. The molecular weight excluding hydrogens is 378 g/mol. The highest BCUT2D eigenvalue weighted by Crippen LogP contribution is 2.27. The Labute approximate surface area is 167 Å². The summed E-state index contributed by atoms with van der Waals surface area (Å²) in [6.45, 7) is 0.475. The second-order valence-corrected chi connectivity index (χ2v) is 7.56. The number of carbonyl (C=O) groups excluding carboxylic acids is 3. The van der Waals surface area contributed by atoms with Gasteiger partial charge in [0.2, 0.25) is 11.8 Å². The number of hydrogen-bond donors (Lipinski definition) is 2. The minimum atomic E-state index is -0.750. The molecule has 6 nitrogen and oxygen atoms in total. The van der Waals surface area contributed by atoms with Crippen LogP contribution in [0.2, 0.25) is 5.02 Å². The average Bonchev–Trinajstić information content (AvgIpc) is 3.42. The van der Waals surface area contributed by atoms with E-state index in [1.165, 1.54) is 0 Å². The van der Waals surface area contributed by atoms with Gasteiger partial charge in [-0.15, -0.1) is 0 Å². The number of nitrogens with one attached hydrogen (secondary N) is 2. The number of rotatable bonds is 5. The van der Waals surface area contributed by atoms with E-state index in [-0.39, 0.29) is 23.8 Å². The predicted octanol–water partition coefficient (Wildman–Crippen LogP) is 3.22. The molecule has 1 aliphatic heterocycles. The monoisotopic (exact) mass is 397 g/mol. The highest BCUT2D eigenvalue weighted by molar-refractivity contribution is 6.30. The van der Waals surface area contributed by atoms with Crippen molar-refractivity contribution in [2.75, 3.05) is 16.8 Å². The highest BCUT2D eigenvalue weighted by Gasteiger charge is 2.37. The molecule has 1 saturated carbocycles. The fourth-order valence-electron chi connectivity index (χ4n) is 3.26. The van der Waals surface area contributed by atoms with E-state index in [0.29, 0.717) is 29.2 Å². The molecule has 3 amide bonds. The lowest BCUT2D eigenvalue weighted by Crippen LogP contribution is -2.33. The number of amides is 3. The molecule has 0 radical (unpaired) electrons. The van der Waals surface area contributed by atoms with Crippen LogP contribution in [-0.2, 0) is 9.59 Å². The molecule has 0 bridgehead atoms. The number of nitrogens with zero attached hydrogens (tertiary/aromatic N) is 1. The zero-order valence-corrected chi connectivity index (χ0v) is 15.9. The van der Waals surface area contributed by atoms with Crippen molar-refractivity contribution in [3.63, 3.8) is 0 Å².